The SMILES string of the molecule is CC(Oc1ccccc1)C(=O)NCC1CCN(Cc2ccccc2)CC1. The van der Waals surface area contributed by atoms with Crippen molar-refractivity contribution in [3.8, 4) is 5.75 Å². The Morgan fingerprint density at radius 2 is 1.69 bits per heavy atom. The van der Waals surface area contributed by atoms with Crippen LogP contribution in [0.2, 0.25) is 0 Å². The number of ether oxygens (including phenoxy) is 1. The molecule has 0 bridgehead atoms. The lowest BCUT2D eigenvalue weighted by Crippen LogP contribution is -2.42. The van der Waals surface area contributed by atoms with Crippen molar-refractivity contribution in [1.29, 1.82) is 0 Å². The van der Waals surface area contributed by atoms with Gasteiger partial charge in [0, 0.05) is 13.1 Å². The maximum atomic E-state index is 12.2. The number of piperidine rings is 1. The van der Waals surface area contributed by atoms with Crippen LogP contribution < -0.4 is 10.1 Å². The summed E-state index contributed by atoms with van der Waals surface area (Å²) >= 11 is 0. The Labute approximate surface area is 156 Å². The molecular weight excluding hydrogens is 324 g/mol. The molecule has 3 rings (SSSR count). The molecule has 1 atom stereocenters. The van der Waals surface area contributed by atoms with Gasteiger partial charge in [-0.05, 0) is 56.5 Å². The molecule has 1 heterocycles. The third-order valence-corrected chi connectivity index (χ3v) is 4.95. The Bertz CT molecular complexity index is 667. The van der Waals surface area contributed by atoms with E-state index in [4.69, 9.17) is 4.74 Å². The van der Waals surface area contributed by atoms with E-state index in [9.17, 15) is 4.79 Å². The minimum absolute atomic E-state index is 0.0411. The van der Waals surface area contributed by atoms with Crippen LogP contribution >= 0.6 is 0 Å². The van der Waals surface area contributed by atoms with Crippen LogP contribution in [0, 0.1) is 5.92 Å². The van der Waals surface area contributed by atoms with Crippen molar-refractivity contribution in [1.82, 2.24) is 10.2 Å². The van der Waals surface area contributed by atoms with Gasteiger partial charge in [-0.1, -0.05) is 48.5 Å². The van der Waals surface area contributed by atoms with Gasteiger partial charge in [0.15, 0.2) is 6.10 Å². The zero-order valence-electron chi connectivity index (χ0n) is 15.4. The quantitative estimate of drug-likeness (QED) is 0.829. The number of rotatable bonds is 7. The second-order valence-corrected chi connectivity index (χ2v) is 7.02. The van der Waals surface area contributed by atoms with Crippen LogP contribution in [-0.4, -0.2) is 36.5 Å². The molecule has 4 nitrogen and oxygen atoms in total. The summed E-state index contributed by atoms with van der Waals surface area (Å²) in [5, 5.41) is 3.05. The van der Waals surface area contributed by atoms with Crippen LogP contribution in [0.1, 0.15) is 25.3 Å². The lowest BCUT2D eigenvalue weighted by molar-refractivity contribution is -0.127. The predicted molar refractivity (Wildman–Crippen MR) is 104 cm³/mol. The average Bonchev–Trinajstić information content (AvgIpc) is 2.69. The first-order chi connectivity index (χ1) is 12.7. The molecule has 2 aromatic rings. The van der Waals surface area contributed by atoms with Crippen molar-refractivity contribution < 1.29 is 9.53 Å². The molecule has 1 amide bonds. The standard InChI is InChI=1S/C22H28N2O2/c1-18(26-21-10-6-3-7-11-21)22(25)23-16-19-12-14-24(15-13-19)17-20-8-4-2-5-9-20/h2-11,18-19H,12-17H2,1H3,(H,23,25). The fourth-order valence-electron chi connectivity index (χ4n) is 3.34. The molecule has 138 valence electrons. The van der Waals surface area contributed by atoms with Crippen LogP contribution in [-0.2, 0) is 11.3 Å². The number of hydrogen-bond donors (Lipinski definition) is 1. The summed E-state index contributed by atoms with van der Waals surface area (Å²) < 4.78 is 5.68. The summed E-state index contributed by atoms with van der Waals surface area (Å²) in [6, 6.07) is 20.1. The second kappa shape index (κ2) is 9.39. The summed E-state index contributed by atoms with van der Waals surface area (Å²) in [5.74, 6) is 1.24. The van der Waals surface area contributed by atoms with Gasteiger partial charge >= 0.3 is 0 Å². The monoisotopic (exact) mass is 352 g/mol. The molecule has 0 saturated carbocycles. The molecule has 1 saturated heterocycles. The highest BCUT2D eigenvalue weighted by molar-refractivity contribution is 5.80. The number of benzene rings is 2. The topological polar surface area (TPSA) is 41.6 Å². The van der Waals surface area contributed by atoms with E-state index in [1.165, 1.54) is 5.56 Å². The first kappa shape index (κ1) is 18.5. The number of nitrogens with one attached hydrogen (secondary N) is 1. The first-order valence-electron chi connectivity index (χ1n) is 9.46. The molecule has 2 aromatic carbocycles. The molecule has 1 N–H and O–H groups in total. The van der Waals surface area contributed by atoms with Crippen molar-refractivity contribution in [3.63, 3.8) is 0 Å². The lowest BCUT2D eigenvalue weighted by atomic mass is 9.96. The van der Waals surface area contributed by atoms with E-state index < -0.39 is 6.10 Å². The van der Waals surface area contributed by atoms with Gasteiger partial charge < -0.3 is 10.1 Å². The number of likely N-dealkylation sites (tertiary alicyclic amines) is 1. The molecule has 1 fully saturated rings. The van der Waals surface area contributed by atoms with Crippen LogP contribution in [0.3, 0.4) is 0 Å². The molecule has 0 aliphatic carbocycles. The van der Waals surface area contributed by atoms with E-state index in [0.29, 0.717) is 5.92 Å². The molecule has 1 aliphatic rings. The molecule has 0 aromatic heterocycles. The molecule has 26 heavy (non-hydrogen) atoms. The Hall–Kier alpha value is -2.33. The number of hydrogen-bond acceptors (Lipinski definition) is 3. The second-order valence-electron chi connectivity index (χ2n) is 7.02. The minimum Gasteiger partial charge on any atom is -0.481 e. The van der Waals surface area contributed by atoms with Crippen molar-refractivity contribution in [3.05, 3.63) is 66.2 Å². The van der Waals surface area contributed by atoms with Crippen molar-refractivity contribution in [2.45, 2.75) is 32.4 Å². The normalized spacial score (nSPS) is 16.8. The smallest absolute Gasteiger partial charge is 0.260 e. The summed E-state index contributed by atoms with van der Waals surface area (Å²) in [5.41, 5.74) is 1.37. The van der Waals surface area contributed by atoms with Crippen LogP contribution in [0.5, 0.6) is 5.75 Å². The van der Waals surface area contributed by atoms with Gasteiger partial charge in [0.1, 0.15) is 5.75 Å². The van der Waals surface area contributed by atoms with E-state index in [1.807, 2.05) is 30.3 Å². The summed E-state index contributed by atoms with van der Waals surface area (Å²) in [6.07, 6.45) is 1.78. The minimum atomic E-state index is -0.476. The van der Waals surface area contributed by atoms with E-state index in [2.05, 4.69) is 40.5 Å². The Balaban J connectivity index is 1.36. The third kappa shape index (κ3) is 5.60. The van der Waals surface area contributed by atoms with E-state index in [1.54, 1.807) is 6.92 Å². The number of para-hydroxylation sites is 1. The highest BCUT2D eigenvalue weighted by Crippen LogP contribution is 2.18. The summed E-state index contributed by atoms with van der Waals surface area (Å²) in [7, 11) is 0. The predicted octanol–water partition coefficient (Wildman–Crippen LogP) is 3.48. The molecule has 1 aliphatic heterocycles. The Morgan fingerprint density at radius 1 is 1.08 bits per heavy atom. The van der Waals surface area contributed by atoms with Gasteiger partial charge in [-0.15, -0.1) is 0 Å². The fraction of sp³-hybridized carbons (Fsp3) is 0.409. The Morgan fingerprint density at radius 3 is 2.35 bits per heavy atom. The number of nitrogens with zero attached hydrogens (tertiary/aromatic N) is 1. The third-order valence-electron chi connectivity index (χ3n) is 4.95. The largest absolute Gasteiger partial charge is 0.481 e. The van der Waals surface area contributed by atoms with Crippen molar-refractivity contribution >= 4 is 5.91 Å². The highest BCUT2D eigenvalue weighted by Gasteiger charge is 2.21. The van der Waals surface area contributed by atoms with Gasteiger partial charge in [0.05, 0.1) is 0 Å². The summed E-state index contributed by atoms with van der Waals surface area (Å²) in [6.45, 7) is 5.73. The van der Waals surface area contributed by atoms with E-state index in [-0.39, 0.29) is 5.91 Å². The zero-order valence-corrected chi connectivity index (χ0v) is 15.4. The number of carbonyl (C=O) groups excluding carboxylic acids is 1. The highest BCUT2D eigenvalue weighted by atomic mass is 16.5. The van der Waals surface area contributed by atoms with Crippen molar-refractivity contribution in [2.75, 3.05) is 19.6 Å². The van der Waals surface area contributed by atoms with Crippen LogP contribution in [0.4, 0.5) is 0 Å². The molecule has 4 heteroatoms. The lowest BCUT2D eigenvalue weighted by Gasteiger charge is -2.32. The zero-order chi connectivity index (χ0) is 18.2. The maximum Gasteiger partial charge on any atom is 0.260 e. The van der Waals surface area contributed by atoms with Gasteiger partial charge in [0.2, 0.25) is 0 Å². The van der Waals surface area contributed by atoms with Gasteiger partial charge in [-0.2, -0.15) is 0 Å². The summed E-state index contributed by atoms with van der Waals surface area (Å²) in [4.78, 5) is 14.7. The molecule has 0 spiro atoms. The van der Waals surface area contributed by atoms with E-state index in [0.717, 1.165) is 44.8 Å². The van der Waals surface area contributed by atoms with E-state index >= 15 is 0 Å². The van der Waals surface area contributed by atoms with Gasteiger partial charge in [0.25, 0.3) is 5.91 Å². The fourth-order valence-corrected chi connectivity index (χ4v) is 3.34. The number of amides is 1. The molecular formula is C22H28N2O2. The van der Waals surface area contributed by atoms with Crippen LogP contribution in [0.25, 0.3) is 0 Å². The van der Waals surface area contributed by atoms with Gasteiger partial charge in [-0.25, -0.2) is 0 Å². The van der Waals surface area contributed by atoms with Crippen molar-refractivity contribution in [2.24, 2.45) is 5.92 Å². The van der Waals surface area contributed by atoms with Crippen LogP contribution in [0.15, 0.2) is 60.7 Å². The molecule has 0 radical (unpaired) electrons. The Kier molecular flexibility index (Phi) is 6.67. The number of carbonyl (C=O) groups is 1. The molecule has 1 unspecified atom stereocenters. The van der Waals surface area contributed by atoms with Gasteiger partial charge in [-0.3, -0.25) is 9.69 Å². The first-order valence-corrected chi connectivity index (χ1v) is 9.46. The maximum absolute atomic E-state index is 12.2. The average molecular weight is 352 g/mol.